The molecule has 2 aromatic rings. The maximum atomic E-state index is 12.5. The molecule has 0 bridgehead atoms. The molecule has 0 aromatic heterocycles. The molecule has 0 aliphatic heterocycles. The van der Waals surface area contributed by atoms with Crippen LogP contribution in [0, 0.1) is 0 Å². The number of anilines is 2. The molecule has 0 heterocycles. The Kier molecular flexibility index (Phi) is 6.75. The molecule has 2 amide bonds. The number of carbonyl (C=O) groups excluding carboxylic acids is 2. The van der Waals surface area contributed by atoms with E-state index in [1.165, 1.54) is 6.92 Å². The zero-order valence-electron chi connectivity index (χ0n) is 15.1. The summed E-state index contributed by atoms with van der Waals surface area (Å²) in [7, 11) is 0. The Morgan fingerprint density at radius 1 is 0.929 bits per heavy atom. The number of carbonyl (C=O) groups is 2. The van der Waals surface area contributed by atoms with Gasteiger partial charge in [0.05, 0.1) is 11.3 Å². The summed E-state index contributed by atoms with van der Waals surface area (Å²) in [6.45, 7) is 2.69. The van der Waals surface area contributed by atoms with Crippen LogP contribution in [0.1, 0.15) is 25.0 Å². The Morgan fingerprint density at radius 3 is 2.00 bits per heavy atom. The first kappa shape index (κ1) is 20.9. The first-order valence-electron chi connectivity index (χ1n) is 8.17. The number of hydrogen-bond donors (Lipinski definition) is 2. The van der Waals surface area contributed by atoms with Gasteiger partial charge in [-0.1, -0.05) is 17.3 Å². The molecule has 0 atom stereocenters. The van der Waals surface area contributed by atoms with Crippen LogP contribution in [0.2, 0.25) is 0 Å². The predicted octanol–water partition coefficient (Wildman–Crippen LogP) is 4.04. The molecule has 0 aliphatic rings. The number of alkyl halides is 3. The molecule has 2 aromatic carbocycles. The van der Waals surface area contributed by atoms with Crippen LogP contribution in [-0.2, 0) is 20.6 Å². The number of amides is 2. The lowest BCUT2D eigenvalue weighted by atomic mass is 10.1. The number of hydrogen-bond acceptors (Lipinski definition) is 4. The van der Waals surface area contributed by atoms with Crippen LogP contribution in [0.3, 0.4) is 0 Å². The van der Waals surface area contributed by atoms with E-state index in [-0.39, 0.29) is 11.6 Å². The van der Waals surface area contributed by atoms with E-state index in [9.17, 15) is 22.8 Å². The Bertz CT molecular complexity index is 861. The van der Waals surface area contributed by atoms with Crippen molar-refractivity contribution in [2.45, 2.75) is 20.0 Å². The first-order chi connectivity index (χ1) is 13.1. The van der Waals surface area contributed by atoms with Crippen LogP contribution in [0.15, 0.2) is 53.7 Å². The molecule has 0 saturated heterocycles. The molecule has 2 rings (SSSR count). The average molecular weight is 393 g/mol. The van der Waals surface area contributed by atoms with Crippen molar-refractivity contribution < 1.29 is 27.6 Å². The van der Waals surface area contributed by atoms with Crippen LogP contribution in [0.4, 0.5) is 24.5 Å². The second-order valence-electron chi connectivity index (χ2n) is 5.83. The zero-order chi connectivity index (χ0) is 20.7. The predicted molar refractivity (Wildman–Crippen MR) is 99.0 cm³/mol. The third-order valence-corrected chi connectivity index (χ3v) is 3.52. The SMILES string of the molecule is CC(=O)Nc1ccc(/C(C)=N/OCC(=O)Nc2ccc(C(F)(F)F)cc2)cc1. The third kappa shape index (κ3) is 6.42. The van der Waals surface area contributed by atoms with Crippen molar-refractivity contribution in [2.24, 2.45) is 5.16 Å². The summed E-state index contributed by atoms with van der Waals surface area (Å²) in [6.07, 6.45) is -4.43. The summed E-state index contributed by atoms with van der Waals surface area (Å²) in [5, 5.41) is 8.89. The zero-order valence-corrected chi connectivity index (χ0v) is 15.1. The monoisotopic (exact) mass is 393 g/mol. The number of benzene rings is 2. The lowest BCUT2D eigenvalue weighted by Crippen LogP contribution is -2.17. The summed E-state index contributed by atoms with van der Waals surface area (Å²) in [5.74, 6) is -0.738. The molecule has 0 radical (unpaired) electrons. The number of halogens is 3. The third-order valence-electron chi connectivity index (χ3n) is 3.52. The highest BCUT2D eigenvalue weighted by atomic mass is 19.4. The number of nitrogens with zero attached hydrogens (tertiary/aromatic N) is 1. The maximum absolute atomic E-state index is 12.5. The minimum absolute atomic E-state index is 0.180. The molecule has 0 spiro atoms. The van der Waals surface area contributed by atoms with Crippen molar-refractivity contribution >= 4 is 28.9 Å². The molecular weight excluding hydrogens is 375 g/mol. The molecule has 0 aliphatic carbocycles. The minimum Gasteiger partial charge on any atom is -0.385 e. The van der Waals surface area contributed by atoms with E-state index in [1.807, 2.05) is 0 Å². The Morgan fingerprint density at radius 2 is 1.46 bits per heavy atom. The standard InChI is InChI=1S/C19H18F3N3O3/c1-12(14-3-7-16(8-4-14)23-13(2)26)25-28-11-18(27)24-17-9-5-15(6-10-17)19(20,21)22/h3-10H,11H2,1-2H3,(H,23,26)(H,24,27)/b25-12+. The smallest absolute Gasteiger partial charge is 0.385 e. The van der Waals surface area contributed by atoms with Crippen LogP contribution < -0.4 is 10.6 Å². The van der Waals surface area contributed by atoms with Gasteiger partial charge in [0, 0.05) is 18.3 Å². The lowest BCUT2D eigenvalue weighted by Gasteiger charge is -2.08. The molecule has 2 N–H and O–H groups in total. The summed E-state index contributed by atoms with van der Waals surface area (Å²) in [6, 6.07) is 10.9. The average Bonchev–Trinajstić information content (AvgIpc) is 2.61. The second kappa shape index (κ2) is 9.03. The van der Waals surface area contributed by atoms with Crippen molar-refractivity contribution in [3.05, 3.63) is 59.7 Å². The van der Waals surface area contributed by atoms with Gasteiger partial charge in [-0.25, -0.2) is 0 Å². The first-order valence-corrected chi connectivity index (χ1v) is 8.17. The highest BCUT2D eigenvalue weighted by Gasteiger charge is 2.29. The molecule has 148 valence electrons. The Labute approximate surface area is 159 Å². The molecule has 0 fully saturated rings. The highest BCUT2D eigenvalue weighted by molar-refractivity contribution is 5.99. The van der Waals surface area contributed by atoms with Gasteiger partial charge in [0.2, 0.25) is 5.91 Å². The topological polar surface area (TPSA) is 79.8 Å². The van der Waals surface area contributed by atoms with Gasteiger partial charge in [-0.3, -0.25) is 9.59 Å². The fourth-order valence-corrected chi connectivity index (χ4v) is 2.18. The van der Waals surface area contributed by atoms with Crippen LogP contribution in [-0.4, -0.2) is 24.1 Å². The maximum Gasteiger partial charge on any atom is 0.416 e. The number of nitrogens with one attached hydrogen (secondary N) is 2. The van der Waals surface area contributed by atoms with E-state index in [2.05, 4.69) is 15.8 Å². The Hall–Kier alpha value is -3.36. The van der Waals surface area contributed by atoms with Crippen molar-refractivity contribution in [1.29, 1.82) is 0 Å². The van der Waals surface area contributed by atoms with E-state index in [0.717, 1.165) is 29.8 Å². The van der Waals surface area contributed by atoms with Gasteiger partial charge in [-0.2, -0.15) is 13.2 Å². The Balaban J connectivity index is 1.85. The quantitative estimate of drug-likeness (QED) is 0.574. The highest BCUT2D eigenvalue weighted by Crippen LogP contribution is 2.29. The van der Waals surface area contributed by atoms with Gasteiger partial charge in [0.15, 0.2) is 6.61 Å². The molecule has 0 saturated carbocycles. The molecular formula is C19H18F3N3O3. The molecule has 28 heavy (non-hydrogen) atoms. The van der Waals surface area contributed by atoms with Crippen molar-refractivity contribution in [3.63, 3.8) is 0 Å². The molecule has 0 unspecified atom stereocenters. The molecule has 6 nitrogen and oxygen atoms in total. The molecule has 9 heteroatoms. The van der Waals surface area contributed by atoms with Gasteiger partial charge in [-0.15, -0.1) is 0 Å². The largest absolute Gasteiger partial charge is 0.416 e. The van der Waals surface area contributed by atoms with Gasteiger partial charge >= 0.3 is 6.18 Å². The number of oxime groups is 1. The summed E-state index contributed by atoms with van der Waals surface area (Å²) < 4.78 is 37.5. The van der Waals surface area contributed by atoms with E-state index in [1.54, 1.807) is 31.2 Å². The van der Waals surface area contributed by atoms with Crippen LogP contribution >= 0.6 is 0 Å². The fourth-order valence-electron chi connectivity index (χ4n) is 2.18. The van der Waals surface area contributed by atoms with E-state index < -0.39 is 24.3 Å². The second-order valence-corrected chi connectivity index (χ2v) is 5.83. The van der Waals surface area contributed by atoms with Gasteiger partial charge < -0.3 is 15.5 Å². The van der Waals surface area contributed by atoms with Gasteiger partial charge in [-0.05, 0) is 48.9 Å². The number of rotatable bonds is 6. The normalized spacial score (nSPS) is 11.7. The summed E-state index contributed by atoms with van der Waals surface area (Å²) in [5.41, 5.74) is 1.30. The van der Waals surface area contributed by atoms with Crippen molar-refractivity contribution in [1.82, 2.24) is 0 Å². The van der Waals surface area contributed by atoms with Crippen molar-refractivity contribution in [3.8, 4) is 0 Å². The summed E-state index contributed by atoms with van der Waals surface area (Å²) >= 11 is 0. The van der Waals surface area contributed by atoms with Crippen molar-refractivity contribution in [2.75, 3.05) is 17.2 Å². The van der Waals surface area contributed by atoms with Crippen LogP contribution in [0.25, 0.3) is 0 Å². The van der Waals surface area contributed by atoms with Crippen LogP contribution in [0.5, 0.6) is 0 Å². The van der Waals surface area contributed by atoms with Gasteiger partial charge in [0.25, 0.3) is 5.91 Å². The lowest BCUT2D eigenvalue weighted by molar-refractivity contribution is -0.137. The van der Waals surface area contributed by atoms with Gasteiger partial charge in [0.1, 0.15) is 0 Å². The fraction of sp³-hybridized carbons (Fsp3) is 0.211. The van der Waals surface area contributed by atoms with E-state index >= 15 is 0 Å². The minimum atomic E-state index is -4.43. The summed E-state index contributed by atoms with van der Waals surface area (Å²) in [4.78, 5) is 27.8. The van der Waals surface area contributed by atoms with E-state index in [0.29, 0.717) is 11.4 Å². The van der Waals surface area contributed by atoms with E-state index in [4.69, 9.17) is 4.84 Å².